The maximum atomic E-state index is 11.3. The van der Waals surface area contributed by atoms with Gasteiger partial charge in [-0.15, -0.1) is 0 Å². The van der Waals surface area contributed by atoms with E-state index in [0.29, 0.717) is 6.61 Å². The third-order valence-electron chi connectivity index (χ3n) is 2.14. The predicted molar refractivity (Wildman–Crippen MR) is 66.4 cm³/mol. The van der Waals surface area contributed by atoms with Crippen LogP contribution in [-0.2, 0) is 28.7 Å². The van der Waals surface area contributed by atoms with Gasteiger partial charge >= 0.3 is 11.9 Å². The minimum atomic E-state index is -0.661. The molecule has 0 unspecified atom stereocenters. The Bertz CT molecular complexity index is 334. The summed E-state index contributed by atoms with van der Waals surface area (Å²) in [6, 6.07) is 0. The smallest absolute Gasteiger partial charge is 0.313 e. The molecule has 6 nitrogen and oxygen atoms in total. The Kier molecular flexibility index (Phi) is 9.30. The molecule has 0 saturated heterocycles. The zero-order chi connectivity index (χ0) is 14.7. The summed E-state index contributed by atoms with van der Waals surface area (Å²) in [7, 11) is 0. The lowest BCUT2D eigenvalue weighted by molar-refractivity contribution is -0.146. The van der Waals surface area contributed by atoms with Crippen LogP contribution in [-0.4, -0.2) is 36.7 Å². The Labute approximate surface area is 112 Å². The zero-order valence-electron chi connectivity index (χ0n) is 11.4. The van der Waals surface area contributed by atoms with Crippen molar-refractivity contribution in [1.29, 1.82) is 0 Å². The topological polar surface area (TPSA) is 86.7 Å². The molecule has 0 spiro atoms. The van der Waals surface area contributed by atoms with E-state index in [1.807, 2.05) is 6.92 Å². The molecule has 0 aromatic heterocycles. The summed E-state index contributed by atoms with van der Waals surface area (Å²) in [5.41, 5.74) is 0. The molecule has 0 N–H and O–H groups in total. The van der Waals surface area contributed by atoms with Gasteiger partial charge in [0.05, 0.1) is 13.2 Å². The number of unbranched alkanes of at least 4 members (excludes halogenated alkanes) is 1. The first-order valence-corrected chi connectivity index (χ1v) is 6.28. The van der Waals surface area contributed by atoms with Crippen molar-refractivity contribution in [2.75, 3.05) is 13.2 Å². The largest absolute Gasteiger partial charge is 0.465 e. The van der Waals surface area contributed by atoms with Crippen molar-refractivity contribution in [1.82, 2.24) is 0 Å². The van der Waals surface area contributed by atoms with Crippen molar-refractivity contribution in [3.63, 3.8) is 0 Å². The highest BCUT2D eigenvalue weighted by molar-refractivity contribution is 5.96. The first-order valence-electron chi connectivity index (χ1n) is 6.28. The highest BCUT2D eigenvalue weighted by atomic mass is 16.5. The monoisotopic (exact) mass is 272 g/mol. The fraction of sp³-hybridized carbons (Fsp3) is 0.692. The second-order valence-corrected chi connectivity index (χ2v) is 4.14. The average Bonchev–Trinajstić information content (AvgIpc) is 2.28. The standard InChI is InChI=1S/C13H20O6/c1-3-4-6-18-13(17)9-11(15)5-7-19-12(16)8-10(2)14/h3-9H2,1-2H3. The predicted octanol–water partition coefficient (Wildman–Crippen LogP) is 1.20. The number of ketones is 2. The maximum absolute atomic E-state index is 11.3. The number of ether oxygens (including phenoxy) is 2. The van der Waals surface area contributed by atoms with Crippen molar-refractivity contribution in [3.8, 4) is 0 Å². The number of rotatable bonds is 10. The molecule has 6 heteroatoms. The van der Waals surface area contributed by atoms with Crippen LogP contribution in [0.25, 0.3) is 0 Å². The third kappa shape index (κ3) is 11.1. The second-order valence-electron chi connectivity index (χ2n) is 4.14. The van der Waals surface area contributed by atoms with Gasteiger partial charge in [-0.3, -0.25) is 19.2 Å². The van der Waals surface area contributed by atoms with Crippen LogP contribution in [0, 0.1) is 0 Å². The molecule has 0 aliphatic rings. The van der Waals surface area contributed by atoms with Gasteiger partial charge in [0.25, 0.3) is 0 Å². The molecule has 108 valence electrons. The molecule has 0 rings (SSSR count). The highest BCUT2D eigenvalue weighted by Gasteiger charge is 2.12. The van der Waals surface area contributed by atoms with Crippen LogP contribution in [0.15, 0.2) is 0 Å². The van der Waals surface area contributed by atoms with Crippen molar-refractivity contribution < 1.29 is 28.7 Å². The van der Waals surface area contributed by atoms with Crippen LogP contribution >= 0.6 is 0 Å². The van der Waals surface area contributed by atoms with E-state index >= 15 is 0 Å². The van der Waals surface area contributed by atoms with Crippen LogP contribution in [0.1, 0.15) is 46.0 Å². The Morgan fingerprint density at radius 1 is 0.895 bits per heavy atom. The van der Waals surface area contributed by atoms with E-state index in [2.05, 4.69) is 4.74 Å². The lowest BCUT2D eigenvalue weighted by atomic mass is 10.2. The summed E-state index contributed by atoms with van der Waals surface area (Å²) in [6.07, 6.45) is 1.02. The lowest BCUT2D eigenvalue weighted by Gasteiger charge is -2.04. The van der Waals surface area contributed by atoms with Gasteiger partial charge in [0.1, 0.15) is 24.4 Å². The lowest BCUT2D eigenvalue weighted by Crippen LogP contribution is -2.15. The van der Waals surface area contributed by atoms with E-state index in [0.717, 1.165) is 12.8 Å². The van der Waals surface area contributed by atoms with Crippen molar-refractivity contribution in [2.24, 2.45) is 0 Å². The summed E-state index contributed by atoms with van der Waals surface area (Å²) in [5.74, 6) is -1.87. The SMILES string of the molecule is CCCCOC(=O)CC(=O)CCOC(=O)CC(C)=O. The molecule has 0 heterocycles. The molecule has 0 aliphatic carbocycles. The zero-order valence-corrected chi connectivity index (χ0v) is 11.4. The summed E-state index contributed by atoms with van der Waals surface area (Å²) < 4.78 is 9.49. The summed E-state index contributed by atoms with van der Waals surface area (Å²) in [6.45, 7) is 3.44. The highest BCUT2D eigenvalue weighted by Crippen LogP contribution is 1.97. The molecule has 0 aromatic rings. The first-order chi connectivity index (χ1) is 8.95. The quantitative estimate of drug-likeness (QED) is 0.337. The Morgan fingerprint density at radius 2 is 1.47 bits per heavy atom. The first kappa shape index (κ1) is 17.3. The number of esters is 2. The fourth-order valence-electron chi connectivity index (χ4n) is 1.16. The van der Waals surface area contributed by atoms with Crippen molar-refractivity contribution in [3.05, 3.63) is 0 Å². The third-order valence-corrected chi connectivity index (χ3v) is 2.14. The van der Waals surface area contributed by atoms with Crippen molar-refractivity contribution in [2.45, 2.75) is 46.0 Å². The molecular formula is C13H20O6. The van der Waals surface area contributed by atoms with E-state index in [9.17, 15) is 19.2 Å². The Hall–Kier alpha value is -1.72. The van der Waals surface area contributed by atoms with Gasteiger partial charge in [0, 0.05) is 6.42 Å². The van der Waals surface area contributed by atoms with Crippen LogP contribution in [0.4, 0.5) is 0 Å². The normalized spacial score (nSPS) is 9.79. The molecule has 0 radical (unpaired) electrons. The Morgan fingerprint density at radius 3 is 2.05 bits per heavy atom. The molecule has 0 bridgehead atoms. The molecule has 0 aliphatic heterocycles. The average molecular weight is 272 g/mol. The van der Waals surface area contributed by atoms with Gasteiger partial charge in [-0.05, 0) is 13.3 Å². The summed E-state index contributed by atoms with van der Waals surface area (Å²) in [5, 5.41) is 0. The summed E-state index contributed by atoms with van der Waals surface area (Å²) in [4.78, 5) is 44.1. The van der Waals surface area contributed by atoms with Gasteiger partial charge in [-0.1, -0.05) is 13.3 Å². The number of carbonyl (C=O) groups is 4. The molecular weight excluding hydrogens is 252 g/mol. The number of hydrogen-bond donors (Lipinski definition) is 0. The van der Waals surface area contributed by atoms with Gasteiger partial charge in [-0.25, -0.2) is 0 Å². The van der Waals surface area contributed by atoms with Crippen molar-refractivity contribution >= 4 is 23.5 Å². The van der Waals surface area contributed by atoms with E-state index in [4.69, 9.17) is 4.74 Å². The number of Topliss-reactive ketones (excluding diaryl/α,β-unsaturated/α-hetero) is 2. The van der Waals surface area contributed by atoms with Gasteiger partial charge in [-0.2, -0.15) is 0 Å². The number of hydrogen-bond acceptors (Lipinski definition) is 6. The van der Waals surface area contributed by atoms with Gasteiger partial charge in [0.15, 0.2) is 0 Å². The van der Waals surface area contributed by atoms with Crippen LogP contribution in [0.5, 0.6) is 0 Å². The fourth-order valence-corrected chi connectivity index (χ4v) is 1.16. The molecule has 0 aromatic carbocycles. The second kappa shape index (κ2) is 10.2. The number of carbonyl (C=O) groups excluding carboxylic acids is 4. The van der Waals surface area contributed by atoms with Gasteiger partial charge < -0.3 is 9.47 Å². The molecule has 0 amide bonds. The van der Waals surface area contributed by atoms with E-state index < -0.39 is 11.9 Å². The van der Waals surface area contributed by atoms with E-state index in [-0.39, 0.29) is 37.4 Å². The van der Waals surface area contributed by atoms with Crippen LogP contribution in [0.2, 0.25) is 0 Å². The van der Waals surface area contributed by atoms with E-state index in [1.54, 1.807) is 0 Å². The molecule has 0 atom stereocenters. The Balaban J connectivity index is 3.66. The van der Waals surface area contributed by atoms with Crippen LogP contribution in [0.3, 0.4) is 0 Å². The van der Waals surface area contributed by atoms with E-state index in [1.165, 1.54) is 6.92 Å². The minimum Gasteiger partial charge on any atom is -0.465 e. The molecule has 19 heavy (non-hydrogen) atoms. The molecule has 0 saturated carbocycles. The van der Waals surface area contributed by atoms with Crippen LogP contribution < -0.4 is 0 Å². The minimum absolute atomic E-state index is 0.0491. The maximum Gasteiger partial charge on any atom is 0.313 e. The molecule has 0 fully saturated rings. The summed E-state index contributed by atoms with van der Waals surface area (Å²) >= 11 is 0. The van der Waals surface area contributed by atoms with Gasteiger partial charge in [0.2, 0.25) is 0 Å².